The van der Waals surface area contributed by atoms with Crippen molar-refractivity contribution in [1.82, 2.24) is 14.2 Å². The normalized spacial score (nSPS) is 15.6. The van der Waals surface area contributed by atoms with Crippen molar-refractivity contribution in [2.45, 2.75) is 38.0 Å². The Labute approximate surface area is 222 Å². The van der Waals surface area contributed by atoms with Crippen molar-refractivity contribution in [1.29, 1.82) is 0 Å². The minimum absolute atomic E-state index is 0.0331. The van der Waals surface area contributed by atoms with E-state index in [4.69, 9.17) is 16.6 Å². The van der Waals surface area contributed by atoms with Crippen LogP contribution in [0.4, 0.5) is 5.13 Å². The third-order valence-electron chi connectivity index (χ3n) is 6.56. The highest BCUT2D eigenvalue weighted by atomic mass is 35.5. The summed E-state index contributed by atoms with van der Waals surface area (Å²) in [7, 11) is 0.425. The van der Waals surface area contributed by atoms with E-state index in [0.717, 1.165) is 33.9 Å². The van der Waals surface area contributed by atoms with Crippen LogP contribution in [0, 0.1) is 19.8 Å². The zero-order chi connectivity index (χ0) is 26.0. The summed E-state index contributed by atoms with van der Waals surface area (Å²) in [6.45, 7) is 6.18. The van der Waals surface area contributed by atoms with Crippen molar-refractivity contribution >= 4 is 54.2 Å². The molecule has 36 heavy (non-hydrogen) atoms. The Hall–Kier alpha value is -2.04. The van der Waals surface area contributed by atoms with Crippen LogP contribution in [0.25, 0.3) is 10.2 Å². The molecular formula is C26H33ClN4O3S2. The number of carbonyl (C=O) groups excluding carboxylic acids is 1. The summed E-state index contributed by atoms with van der Waals surface area (Å²) in [6, 6.07) is 10.4. The molecule has 0 bridgehead atoms. The van der Waals surface area contributed by atoms with Gasteiger partial charge in [-0.15, -0.1) is 0 Å². The predicted molar refractivity (Wildman–Crippen MR) is 148 cm³/mol. The molecule has 2 heterocycles. The van der Waals surface area contributed by atoms with Crippen LogP contribution in [0.2, 0.25) is 5.02 Å². The van der Waals surface area contributed by atoms with Gasteiger partial charge in [0.1, 0.15) is 0 Å². The van der Waals surface area contributed by atoms with Gasteiger partial charge in [-0.1, -0.05) is 29.0 Å². The largest absolute Gasteiger partial charge is 0.309 e. The molecule has 194 valence electrons. The molecule has 0 N–H and O–H groups in total. The van der Waals surface area contributed by atoms with Crippen LogP contribution in [0.15, 0.2) is 41.3 Å². The van der Waals surface area contributed by atoms with Crippen molar-refractivity contribution in [3.8, 4) is 0 Å². The van der Waals surface area contributed by atoms with E-state index in [9.17, 15) is 13.2 Å². The zero-order valence-electron chi connectivity index (χ0n) is 21.2. The number of halogens is 1. The summed E-state index contributed by atoms with van der Waals surface area (Å²) in [4.78, 5) is 22.8. The number of anilines is 1. The lowest BCUT2D eigenvalue weighted by Gasteiger charge is -2.33. The van der Waals surface area contributed by atoms with Gasteiger partial charge >= 0.3 is 0 Å². The number of aryl methyl sites for hydroxylation is 2. The summed E-state index contributed by atoms with van der Waals surface area (Å²) in [5, 5.41) is 1.21. The van der Waals surface area contributed by atoms with Crippen LogP contribution in [0.5, 0.6) is 0 Å². The Morgan fingerprint density at radius 3 is 2.42 bits per heavy atom. The number of hydrogen-bond acceptors (Lipinski definition) is 6. The molecule has 0 radical (unpaired) electrons. The van der Waals surface area contributed by atoms with E-state index in [0.29, 0.717) is 37.5 Å². The molecule has 1 fully saturated rings. The molecule has 0 spiro atoms. The molecule has 1 aromatic heterocycles. The lowest BCUT2D eigenvalue weighted by molar-refractivity contribution is -0.123. The van der Waals surface area contributed by atoms with Crippen molar-refractivity contribution in [3.05, 3.63) is 52.5 Å². The van der Waals surface area contributed by atoms with Crippen molar-refractivity contribution in [2.24, 2.45) is 5.92 Å². The number of thiazole rings is 1. The van der Waals surface area contributed by atoms with Gasteiger partial charge in [-0.05, 0) is 95.2 Å². The van der Waals surface area contributed by atoms with E-state index < -0.39 is 10.0 Å². The van der Waals surface area contributed by atoms with Crippen LogP contribution in [0.3, 0.4) is 0 Å². The smallest absolute Gasteiger partial charge is 0.243 e. The number of piperidine rings is 1. The molecule has 0 aliphatic carbocycles. The molecule has 4 rings (SSSR count). The molecule has 1 amide bonds. The molecule has 10 heteroatoms. The quantitative estimate of drug-likeness (QED) is 0.398. The fraction of sp³-hybridized carbons (Fsp3) is 0.462. The molecule has 1 saturated heterocycles. The second-order valence-corrected chi connectivity index (χ2v) is 13.1. The molecule has 0 saturated carbocycles. The number of benzene rings is 2. The number of nitrogens with zero attached hydrogens (tertiary/aromatic N) is 4. The molecule has 1 aliphatic heterocycles. The van der Waals surface area contributed by atoms with Gasteiger partial charge in [0.15, 0.2) is 5.13 Å². The van der Waals surface area contributed by atoms with Gasteiger partial charge in [-0.3, -0.25) is 9.69 Å². The maximum atomic E-state index is 13.8. The third kappa shape index (κ3) is 5.92. The number of aromatic nitrogens is 1. The van der Waals surface area contributed by atoms with Gasteiger partial charge in [0.05, 0.1) is 15.1 Å². The fourth-order valence-electron chi connectivity index (χ4n) is 4.64. The fourth-order valence-corrected chi connectivity index (χ4v) is 7.41. The Morgan fingerprint density at radius 1 is 1.11 bits per heavy atom. The Kier molecular flexibility index (Phi) is 8.36. The van der Waals surface area contributed by atoms with Gasteiger partial charge in [0.2, 0.25) is 15.9 Å². The third-order valence-corrected chi connectivity index (χ3v) is 9.75. The van der Waals surface area contributed by atoms with Gasteiger partial charge in [0.25, 0.3) is 0 Å². The minimum atomic E-state index is -3.62. The Balaban J connectivity index is 1.52. The summed E-state index contributed by atoms with van der Waals surface area (Å²) < 4.78 is 28.7. The summed E-state index contributed by atoms with van der Waals surface area (Å²) >= 11 is 7.47. The highest BCUT2D eigenvalue weighted by Crippen LogP contribution is 2.34. The van der Waals surface area contributed by atoms with Crippen LogP contribution in [-0.4, -0.2) is 68.8 Å². The van der Waals surface area contributed by atoms with Crippen LogP contribution in [-0.2, 0) is 14.8 Å². The van der Waals surface area contributed by atoms with Crippen LogP contribution < -0.4 is 4.90 Å². The number of fused-ring (bicyclic) bond motifs is 1. The summed E-state index contributed by atoms with van der Waals surface area (Å²) in [5.74, 6) is -0.207. The number of carbonyl (C=O) groups is 1. The molecule has 0 atom stereocenters. The molecule has 1 aliphatic rings. The van der Waals surface area contributed by atoms with Gasteiger partial charge in [-0.2, -0.15) is 4.31 Å². The first kappa shape index (κ1) is 27.0. The summed E-state index contributed by atoms with van der Waals surface area (Å²) in [6.07, 6.45) is 1.80. The SMILES string of the molecule is Cc1cc(C)c2nc(N(CCCN(C)C)C(=O)C3CCN(S(=O)(=O)c4ccc(Cl)cc4)CC3)sc2c1. The standard InChI is InChI=1S/C26H33ClN4O3S2/c1-18-16-19(2)24-23(17-18)35-26(28-24)31(13-5-12-29(3)4)25(32)20-10-14-30(15-11-20)36(33,34)22-8-6-21(27)7-9-22/h6-9,16-17,20H,5,10-15H2,1-4H3. The van der Waals surface area contributed by atoms with E-state index in [1.54, 1.807) is 23.5 Å². The van der Waals surface area contributed by atoms with Crippen molar-refractivity contribution in [3.63, 3.8) is 0 Å². The van der Waals surface area contributed by atoms with E-state index in [-0.39, 0.29) is 16.7 Å². The van der Waals surface area contributed by atoms with Crippen molar-refractivity contribution < 1.29 is 13.2 Å². The molecule has 0 unspecified atom stereocenters. The topological polar surface area (TPSA) is 73.8 Å². The number of hydrogen-bond donors (Lipinski definition) is 0. The van der Waals surface area contributed by atoms with Gasteiger partial charge < -0.3 is 4.90 Å². The Bertz CT molecular complexity index is 1330. The van der Waals surface area contributed by atoms with Gasteiger partial charge in [0, 0.05) is 30.6 Å². The second kappa shape index (κ2) is 11.1. The monoisotopic (exact) mass is 548 g/mol. The number of amides is 1. The molecule has 7 nitrogen and oxygen atoms in total. The molecule has 2 aromatic carbocycles. The van der Waals surface area contributed by atoms with E-state index in [2.05, 4.69) is 24.0 Å². The lowest BCUT2D eigenvalue weighted by Crippen LogP contribution is -2.45. The molecule has 3 aromatic rings. The predicted octanol–water partition coefficient (Wildman–Crippen LogP) is 4.95. The first-order valence-electron chi connectivity index (χ1n) is 12.2. The van der Waals surface area contributed by atoms with Gasteiger partial charge in [-0.25, -0.2) is 13.4 Å². The number of sulfonamides is 1. The Morgan fingerprint density at radius 2 is 1.78 bits per heavy atom. The van der Waals surface area contributed by atoms with E-state index >= 15 is 0 Å². The minimum Gasteiger partial charge on any atom is -0.309 e. The molecular weight excluding hydrogens is 516 g/mol. The second-order valence-electron chi connectivity index (χ2n) is 9.70. The van der Waals surface area contributed by atoms with Crippen molar-refractivity contribution in [2.75, 3.05) is 45.2 Å². The highest BCUT2D eigenvalue weighted by molar-refractivity contribution is 7.89. The first-order chi connectivity index (χ1) is 17.1. The lowest BCUT2D eigenvalue weighted by atomic mass is 9.96. The highest BCUT2D eigenvalue weighted by Gasteiger charge is 2.35. The zero-order valence-corrected chi connectivity index (χ0v) is 23.6. The van der Waals surface area contributed by atoms with Crippen LogP contribution in [0.1, 0.15) is 30.4 Å². The van der Waals surface area contributed by atoms with Crippen LogP contribution >= 0.6 is 22.9 Å². The summed E-state index contributed by atoms with van der Waals surface area (Å²) in [5.41, 5.74) is 3.22. The average molecular weight is 549 g/mol. The van der Waals surface area contributed by atoms with E-state index in [1.165, 1.54) is 22.0 Å². The number of rotatable bonds is 8. The first-order valence-corrected chi connectivity index (χ1v) is 14.8. The average Bonchev–Trinajstić information content (AvgIpc) is 3.25. The maximum absolute atomic E-state index is 13.8. The van der Waals surface area contributed by atoms with E-state index in [1.807, 2.05) is 25.9 Å². The maximum Gasteiger partial charge on any atom is 0.243 e.